The second-order valence-corrected chi connectivity index (χ2v) is 5.70. The van der Waals surface area contributed by atoms with Crippen LogP contribution < -0.4 is 0 Å². The lowest BCUT2D eigenvalue weighted by Crippen LogP contribution is -1.93. The highest BCUT2D eigenvalue weighted by molar-refractivity contribution is 8.13. The van der Waals surface area contributed by atoms with Gasteiger partial charge in [-0.05, 0) is 12.1 Å². The molecular weight excluding hydrogens is 245 g/mol. The number of hydrogen-bond acceptors (Lipinski definition) is 4. The summed E-state index contributed by atoms with van der Waals surface area (Å²) in [4.78, 5) is 0. The molecule has 0 aliphatic rings. The van der Waals surface area contributed by atoms with E-state index in [1.807, 2.05) is 0 Å². The average molecular weight is 250 g/mol. The van der Waals surface area contributed by atoms with Gasteiger partial charge in [0.1, 0.15) is 11.3 Å². The van der Waals surface area contributed by atoms with Crippen molar-refractivity contribution in [3.05, 3.63) is 29.8 Å². The molecular formula is C8H5ClFNO3S. The Morgan fingerprint density at radius 2 is 2.20 bits per heavy atom. The van der Waals surface area contributed by atoms with Crippen molar-refractivity contribution in [2.24, 2.45) is 0 Å². The van der Waals surface area contributed by atoms with Crippen LogP contribution >= 0.6 is 10.7 Å². The molecule has 2 rings (SSSR count). The Morgan fingerprint density at radius 3 is 2.87 bits per heavy atom. The minimum atomic E-state index is -3.74. The second-order valence-electron chi connectivity index (χ2n) is 2.92. The van der Waals surface area contributed by atoms with Crippen molar-refractivity contribution in [2.75, 3.05) is 0 Å². The van der Waals surface area contributed by atoms with Crippen LogP contribution in [0.5, 0.6) is 0 Å². The second kappa shape index (κ2) is 3.46. The molecule has 0 atom stereocenters. The zero-order valence-corrected chi connectivity index (χ0v) is 8.85. The van der Waals surface area contributed by atoms with E-state index in [0.29, 0.717) is 5.39 Å². The maximum Gasteiger partial charge on any atom is 0.240 e. The van der Waals surface area contributed by atoms with Crippen LogP contribution in [0.25, 0.3) is 10.9 Å². The highest BCUT2D eigenvalue weighted by Crippen LogP contribution is 2.23. The highest BCUT2D eigenvalue weighted by atomic mass is 35.7. The van der Waals surface area contributed by atoms with E-state index < -0.39 is 20.6 Å². The number of aromatic nitrogens is 1. The summed E-state index contributed by atoms with van der Waals surface area (Å²) in [6.07, 6.45) is 0. The van der Waals surface area contributed by atoms with Gasteiger partial charge in [-0.3, -0.25) is 0 Å². The predicted octanol–water partition coefficient (Wildman–Crippen LogP) is 2.04. The van der Waals surface area contributed by atoms with Crippen molar-refractivity contribution in [3.8, 4) is 0 Å². The first-order chi connectivity index (χ1) is 6.97. The Labute approximate surface area is 89.0 Å². The summed E-state index contributed by atoms with van der Waals surface area (Å²) in [6.45, 7) is 0. The molecule has 0 unspecified atom stereocenters. The van der Waals surface area contributed by atoms with Crippen molar-refractivity contribution >= 4 is 30.6 Å². The summed E-state index contributed by atoms with van der Waals surface area (Å²) < 4.78 is 39.5. The molecule has 0 aliphatic heterocycles. The molecule has 0 N–H and O–H groups in total. The summed E-state index contributed by atoms with van der Waals surface area (Å²) in [5.41, 5.74) is 0.00724. The summed E-state index contributed by atoms with van der Waals surface area (Å²) in [5.74, 6) is -1.02. The summed E-state index contributed by atoms with van der Waals surface area (Å²) in [7, 11) is 1.32. The summed E-state index contributed by atoms with van der Waals surface area (Å²) >= 11 is 0. The van der Waals surface area contributed by atoms with E-state index in [-0.39, 0.29) is 11.3 Å². The topological polar surface area (TPSA) is 60.2 Å². The molecule has 80 valence electrons. The van der Waals surface area contributed by atoms with Crippen LogP contribution in [0.3, 0.4) is 0 Å². The first kappa shape index (κ1) is 10.4. The lowest BCUT2D eigenvalue weighted by Gasteiger charge is -1.92. The molecule has 1 aromatic carbocycles. The number of hydrogen-bond donors (Lipinski definition) is 0. The molecule has 1 aromatic heterocycles. The van der Waals surface area contributed by atoms with Crippen LogP contribution in [0, 0.1) is 5.82 Å². The third-order valence-corrected chi connectivity index (χ3v) is 2.77. The number of halogens is 2. The molecule has 0 amide bonds. The highest BCUT2D eigenvalue weighted by Gasteiger charge is 2.17. The normalized spacial score (nSPS) is 12.1. The van der Waals surface area contributed by atoms with Gasteiger partial charge in [0.2, 0.25) is 9.05 Å². The third kappa shape index (κ3) is 2.10. The van der Waals surface area contributed by atoms with E-state index in [1.54, 1.807) is 0 Å². The zero-order valence-electron chi connectivity index (χ0n) is 7.28. The summed E-state index contributed by atoms with van der Waals surface area (Å²) in [5, 5.41) is 3.75. The molecule has 0 saturated carbocycles. The zero-order chi connectivity index (χ0) is 11.1. The third-order valence-electron chi connectivity index (χ3n) is 1.84. The smallest absolute Gasteiger partial charge is 0.240 e. The monoisotopic (exact) mass is 249 g/mol. The molecule has 1 heterocycles. The SMILES string of the molecule is O=S(=O)(Cl)Cc1onc2c(F)cccc12. The lowest BCUT2D eigenvalue weighted by molar-refractivity contribution is 0.399. The van der Waals surface area contributed by atoms with Crippen molar-refractivity contribution in [2.45, 2.75) is 5.75 Å². The minimum Gasteiger partial charge on any atom is -0.359 e. The molecule has 0 spiro atoms. The van der Waals surface area contributed by atoms with Crippen molar-refractivity contribution < 1.29 is 17.3 Å². The standard InChI is InChI=1S/C8H5ClFNO3S/c9-15(12,13)4-7-5-2-1-3-6(10)8(5)11-14-7/h1-3H,4H2. The van der Waals surface area contributed by atoms with E-state index in [9.17, 15) is 12.8 Å². The van der Waals surface area contributed by atoms with Gasteiger partial charge in [-0.25, -0.2) is 12.8 Å². The van der Waals surface area contributed by atoms with Crippen LogP contribution in [-0.2, 0) is 14.8 Å². The van der Waals surface area contributed by atoms with Crippen LogP contribution in [0.2, 0.25) is 0 Å². The number of rotatable bonds is 2. The fourth-order valence-corrected chi connectivity index (χ4v) is 2.06. The molecule has 4 nitrogen and oxygen atoms in total. The first-order valence-corrected chi connectivity index (χ1v) is 6.40. The van der Waals surface area contributed by atoms with Gasteiger partial charge >= 0.3 is 0 Å². The van der Waals surface area contributed by atoms with Gasteiger partial charge in [0, 0.05) is 16.1 Å². The van der Waals surface area contributed by atoms with E-state index >= 15 is 0 Å². The van der Waals surface area contributed by atoms with E-state index in [1.165, 1.54) is 18.2 Å². The van der Waals surface area contributed by atoms with Gasteiger partial charge in [-0.2, -0.15) is 0 Å². The molecule has 0 aliphatic carbocycles. The number of nitrogens with zero attached hydrogens (tertiary/aromatic N) is 1. The van der Waals surface area contributed by atoms with Gasteiger partial charge in [0.25, 0.3) is 0 Å². The molecule has 0 fully saturated rings. The maximum absolute atomic E-state index is 13.1. The van der Waals surface area contributed by atoms with Gasteiger partial charge in [0.15, 0.2) is 11.6 Å². The fraction of sp³-hybridized carbons (Fsp3) is 0.125. The number of benzene rings is 1. The molecule has 0 radical (unpaired) electrons. The predicted molar refractivity (Wildman–Crippen MR) is 52.4 cm³/mol. The fourth-order valence-electron chi connectivity index (χ4n) is 1.24. The Morgan fingerprint density at radius 1 is 1.47 bits per heavy atom. The molecule has 2 aromatic rings. The Kier molecular flexibility index (Phi) is 2.40. The van der Waals surface area contributed by atoms with Gasteiger partial charge in [-0.1, -0.05) is 11.2 Å². The Hall–Kier alpha value is -1.14. The minimum absolute atomic E-state index is 0.00724. The Bertz CT molecular complexity index is 607. The number of fused-ring (bicyclic) bond motifs is 1. The van der Waals surface area contributed by atoms with Gasteiger partial charge in [0.05, 0.1) is 0 Å². The quantitative estimate of drug-likeness (QED) is 0.764. The largest absolute Gasteiger partial charge is 0.359 e. The molecule has 0 saturated heterocycles. The average Bonchev–Trinajstić information content (AvgIpc) is 2.48. The van der Waals surface area contributed by atoms with Crippen LogP contribution in [0.4, 0.5) is 4.39 Å². The summed E-state index contributed by atoms with van der Waals surface area (Å²) in [6, 6.07) is 4.18. The molecule has 0 bridgehead atoms. The maximum atomic E-state index is 13.1. The van der Waals surface area contributed by atoms with Crippen LogP contribution in [0.15, 0.2) is 22.7 Å². The molecule has 7 heteroatoms. The van der Waals surface area contributed by atoms with Crippen LogP contribution in [-0.4, -0.2) is 13.6 Å². The van der Waals surface area contributed by atoms with Crippen molar-refractivity contribution in [3.63, 3.8) is 0 Å². The lowest BCUT2D eigenvalue weighted by atomic mass is 10.2. The Balaban J connectivity index is 2.60. The van der Waals surface area contributed by atoms with Crippen molar-refractivity contribution in [1.82, 2.24) is 5.16 Å². The first-order valence-electron chi connectivity index (χ1n) is 3.92. The van der Waals surface area contributed by atoms with E-state index in [0.717, 1.165) is 0 Å². The van der Waals surface area contributed by atoms with Gasteiger partial charge < -0.3 is 4.52 Å². The van der Waals surface area contributed by atoms with Crippen molar-refractivity contribution in [1.29, 1.82) is 0 Å². The van der Waals surface area contributed by atoms with Gasteiger partial charge in [-0.15, -0.1) is 0 Å². The molecule has 15 heavy (non-hydrogen) atoms. The van der Waals surface area contributed by atoms with E-state index in [2.05, 4.69) is 5.16 Å². The van der Waals surface area contributed by atoms with E-state index in [4.69, 9.17) is 15.2 Å². The van der Waals surface area contributed by atoms with Crippen LogP contribution in [0.1, 0.15) is 5.76 Å².